The van der Waals surface area contributed by atoms with E-state index in [1.165, 1.54) is 89.9 Å². The predicted octanol–water partition coefficient (Wildman–Crippen LogP) is 16.6. The summed E-state index contributed by atoms with van der Waals surface area (Å²) in [6, 6.07) is 0. The Morgan fingerprint density at radius 2 is 0.705 bits per heavy atom. The summed E-state index contributed by atoms with van der Waals surface area (Å²) in [7, 11) is 0. The van der Waals surface area contributed by atoms with Crippen LogP contribution in [-0.2, 0) is 28.6 Å². The molecule has 0 N–H and O–H groups in total. The first kappa shape index (κ1) is 57.9. The van der Waals surface area contributed by atoms with Gasteiger partial charge >= 0.3 is 17.9 Å². The monoisotopic (exact) mass is 851 g/mol. The SMILES string of the molecule is CC/C=C\C/C=C\C/C=C\CCCCCCC(=O)OC(COC(=O)CCCCCC/C=C\CCCC)COC(=O)CCCCCCCCCCCC/C=C\C=C/CCCCC. The molecule has 0 aromatic carbocycles. The van der Waals surface area contributed by atoms with E-state index in [0.717, 1.165) is 109 Å². The molecule has 0 radical (unpaired) electrons. The van der Waals surface area contributed by atoms with Gasteiger partial charge < -0.3 is 14.2 Å². The smallest absolute Gasteiger partial charge is 0.306 e. The van der Waals surface area contributed by atoms with Gasteiger partial charge in [-0.15, -0.1) is 0 Å². The van der Waals surface area contributed by atoms with Gasteiger partial charge in [-0.3, -0.25) is 14.4 Å². The zero-order valence-corrected chi connectivity index (χ0v) is 39.9. The van der Waals surface area contributed by atoms with E-state index in [9.17, 15) is 14.4 Å². The molecule has 0 aromatic heterocycles. The average Bonchev–Trinajstić information content (AvgIpc) is 3.26. The van der Waals surface area contributed by atoms with Crippen LogP contribution in [0.5, 0.6) is 0 Å². The Morgan fingerprint density at radius 1 is 0.361 bits per heavy atom. The van der Waals surface area contributed by atoms with Crippen molar-refractivity contribution in [2.24, 2.45) is 0 Å². The van der Waals surface area contributed by atoms with Crippen LogP contribution in [-0.4, -0.2) is 37.2 Å². The van der Waals surface area contributed by atoms with Gasteiger partial charge in [-0.25, -0.2) is 0 Å². The summed E-state index contributed by atoms with van der Waals surface area (Å²) < 4.78 is 16.7. The summed E-state index contributed by atoms with van der Waals surface area (Å²) in [6.07, 6.45) is 61.7. The molecular formula is C55H94O6. The van der Waals surface area contributed by atoms with Crippen molar-refractivity contribution in [1.29, 1.82) is 0 Å². The Morgan fingerprint density at radius 3 is 1.16 bits per heavy atom. The van der Waals surface area contributed by atoms with Crippen molar-refractivity contribution in [2.45, 2.75) is 245 Å². The topological polar surface area (TPSA) is 78.9 Å². The summed E-state index contributed by atoms with van der Waals surface area (Å²) in [5.74, 6) is -0.931. The molecule has 0 aromatic rings. The van der Waals surface area contributed by atoms with Crippen LogP contribution in [0.4, 0.5) is 0 Å². The maximum atomic E-state index is 12.8. The second kappa shape index (κ2) is 49.5. The number of unbranched alkanes of at least 4 members (excludes halogenated alkanes) is 23. The van der Waals surface area contributed by atoms with Crippen LogP contribution in [0.15, 0.2) is 72.9 Å². The summed E-state index contributed by atoms with van der Waals surface area (Å²) in [6.45, 7) is 6.42. The second-order valence-corrected chi connectivity index (χ2v) is 16.7. The number of rotatable bonds is 45. The number of carbonyl (C=O) groups is 3. The van der Waals surface area contributed by atoms with Gasteiger partial charge in [0.15, 0.2) is 6.10 Å². The Hall–Kier alpha value is -3.15. The van der Waals surface area contributed by atoms with Crippen LogP contribution in [0, 0.1) is 0 Å². The lowest BCUT2D eigenvalue weighted by Crippen LogP contribution is -2.30. The summed E-state index contributed by atoms with van der Waals surface area (Å²) in [5.41, 5.74) is 0. The standard InChI is InChI=1S/C55H94O6/c1-4-7-10-13-16-19-22-24-26-27-28-29-30-32-33-36-39-42-45-48-54(57)60-51-52(50-59-53(56)47-44-41-38-35-21-18-15-12-9-6-3)61-55(58)49-46-43-40-37-34-31-25-23-20-17-14-11-8-5-2/h8,11,15-20,22,24-25,31,52H,4-7,9-10,12-14,21,23,26-30,32-51H2,1-3H3/b11-8-,18-15-,19-16-,20-17-,24-22-,31-25-. The predicted molar refractivity (Wildman–Crippen MR) is 261 cm³/mol. The molecule has 6 nitrogen and oxygen atoms in total. The van der Waals surface area contributed by atoms with E-state index in [1.54, 1.807) is 0 Å². The molecule has 0 saturated heterocycles. The fourth-order valence-electron chi connectivity index (χ4n) is 6.84. The minimum Gasteiger partial charge on any atom is -0.462 e. The van der Waals surface area contributed by atoms with Gasteiger partial charge in [0.05, 0.1) is 0 Å². The molecule has 350 valence electrons. The summed E-state index contributed by atoms with van der Waals surface area (Å²) in [5, 5.41) is 0. The fourth-order valence-corrected chi connectivity index (χ4v) is 6.84. The average molecular weight is 851 g/mol. The van der Waals surface area contributed by atoms with Crippen LogP contribution in [0.3, 0.4) is 0 Å². The largest absolute Gasteiger partial charge is 0.462 e. The molecule has 0 saturated carbocycles. The van der Waals surface area contributed by atoms with Gasteiger partial charge in [0.25, 0.3) is 0 Å². The molecule has 0 amide bonds. The minimum atomic E-state index is -0.791. The molecule has 61 heavy (non-hydrogen) atoms. The van der Waals surface area contributed by atoms with Gasteiger partial charge in [-0.05, 0) is 96.3 Å². The lowest BCUT2D eigenvalue weighted by atomic mass is 10.1. The van der Waals surface area contributed by atoms with Crippen molar-refractivity contribution in [1.82, 2.24) is 0 Å². The lowest BCUT2D eigenvalue weighted by Gasteiger charge is -2.18. The molecule has 6 heteroatoms. The van der Waals surface area contributed by atoms with Crippen LogP contribution < -0.4 is 0 Å². The second-order valence-electron chi connectivity index (χ2n) is 16.7. The van der Waals surface area contributed by atoms with Crippen molar-refractivity contribution in [3.8, 4) is 0 Å². The maximum absolute atomic E-state index is 12.8. The Balaban J connectivity index is 4.36. The highest BCUT2D eigenvalue weighted by Gasteiger charge is 2.19. The van der Waals surface area contributed by atoms with Gasteiger partial charge in [0.2, 0.25) is 0 Å². The summed E-state index contributed by atoms with van der Waals surface area (Å²) >= 11 is 0. The molecular weight excluding hydrogens is 757 g/mol. The van der Waals surface area contributed by atoms with E-state index in [0.29, 0.717) is 19.3 Å². The quantitative estimate of drug-likeness (QED) is 0.0200. The first-order valence-corrected chi connectivity index (χ1v) is 25.5. The highest BCUT2D eigenvalue weighted by Crippen LogP contribution is 2.14. The van der Waals surface area contributed by atoms with E-state index in [2.05, 4.69) is 93.7 Å². The number of allylic oxidation sites excluding steroid dienone is 12. The fraction of sp³-hybridized carbons (Fsp3) is 0.727. The van der Waals surface area contributed by atoms with Gasteiger partial charge in [0, 0.05) is 19.3 Å². The van der Waals surface area contributed by atoms with Crippen LogP contribution in [0.2, 0.25) is 0 Å². The zero-order valence-electron chi connectivity index (χ0n) is 39.9. The molecule has 0 bridgehead atoms. The van der Waals surface area contributed by atoms with E-state index in [1.807, 2.05) is 0 Å². The molecule has 0 spiro atoms. The van der Waals surface area contributed by atoms with Crippen molar-refractivity contribution in [2.75, 3.05) is 13.2 Å². The molecule has 1 unspecified atom stereocenters. The van der Waals surface area contributed by atoms with E-state index in [-0.39, 0.29) is 31.1 Å². The van der Waals surface area contributed by atoms with Gasteiger partial charge in [-0.2, -0.15) is 0 Å². The number of carbonyl (C=O) groups excluding carboxylic acids is 3. The third kappa shape index (κ3) is 47.7. The number of ether oxygens (including phenoxy) is 3. The molecule has 0 aliphatic carbocycles. The third-order valence-corrected chi connectivity index (χ3v) is 10.7. The van der Waals surface area contributed by atoms with Crippen LogP contribution in [0.25, 0.3) is 0 Å². The first-order valence-electron chi connectivity index (χ1n) is 25.5. The van der Waals surface area contributed by atoms with E-state index >= 15 is 0 Å². The van der Waals surface area contributed by atoms with Crippen molar-refractivity contribution >= 4 is 17.9 Å². The van der Waals surface area contributed by atoms with Crippen LogP contribution in [0.1, 0.15) is 239 Å². The van der Waals surface area contributed by atoms with E-state index in [4.69, 9.17) is 14.2 Å². The van der Waals surface area contributed by atoms with Gasteiger partial charge in [-0.1, -0.05) is 196 Å². The molecule has 1 atom stereocenters. The molecule has 0 aliphatic heterocycles. The molecule has 0 rings (SSSR count). The van der Waals surface area contributed by atoms with E-state index < -0.39 is 6.10 Å². The first-order chi connectivity index (χ1) is 30.0. The minimum absolute atomic E-state index is 0.0902. The van der Waals surface area contributed by atoms with Crippen molar-refractivity contribution < 1.29 is 28.6 Å². The lowest BCUT2D eigenvalue weighted by molar-refractivity contribution is -0.167. The highest BCUT2D eigenvalue weighted by molar-refractivity contribution is 5.71. The van der Waals surface area contributed by atoms with Crippen LogP contribution >= 0.6 is 0 Å². The zero-order chi connectivity index (χ0) is 44.4. The highest BCUT2D eigenvalue weighted by atomic mass is 16.6. The molecule has 0 heterocycles. The maximum Gasteiger partial charge on any atom is 0.306 e. The number of hydrogen-bond donors (Lipinski definition) is 0. The Kier molecular flexibility index (Phi) is 46.9. The molecule has 0 aliphatic rings. The summed E-state index contributed by atoms with van der Waals surface area (Å²) in [4.78, 5) is 37.9. The number of hydrogen-bond acceptors (Lipinski definition) is 6. The molecule has 0 fully saturated rings. The van der Waals surface area contributed by atoms with Crippen molar-refractivity contribution in [3.63, 3.8) is 0 Å². The Labute approximate surface area is 376 Å². The Bertz CT molecular complexity index is 1160. The third-order valence-electron chi connectivity index (χ3n) is 10.7. The van der Waals surface area contributed by atoms with Gasteiger partial charge in [0.1, 0.15) is 13.2 Å². The number of esters is 3. The van der Waals surface area contributed by atoms with Crippen molar-refractivity contribution in [3.05, 3.63) is 72.9 Å². The normalized spacial score (nSPS) is 12.6.